The van der Waals surface area contributed by atoms with Gasteiger partial charge in [-0.3, -0.25) is 0 Å². The summed E-state index contributed by atoms with van der Waals surface area (Å²) in [5, 5.41) is 0. The van der Waals surface area contributed by atoms with Crippen molar-refractivity contribution in [3.63, 3.8) is 0 Å². The fourth-order valence-corrected chi connectivity index (χ4v) is 3.89. The number of halogens is 2. The van der Waals surface area contributed by atoms with Crippen LogP contribution in [0.3, 0.4) is 0 Å². The van der Waals surface area contributed by atoms with Gasteiger partial charge in [-0.05, 0) is 80.5 Å². The van der Waals surface area contributed by atoms with Crippen LogP contribution in [-0.4, -0.2) is 11.9 Å². The molecule has 6 heteroatoms. The Morgan fingerprint density at radius 3 is 2.66 bits per heavy atom. The number of hydrogen-bond acceptors (Lipinski definition) is 4. The Labute approximate surface area is 190 Å². The summed E-state index contributed by atoms with van der Waals surface area (Å²) >= 11 is 5.74. The second kappa shape index (κ2) is 8.92. The van der Waals surface area contributed by atoms with E-state index in [1.807, 2.05) is 66.7 Å². The van der Waals surface area contributed by atoms with Gasteiger partial charge in [0.1, 0.15) is 12.4 Å². The van der Waals surface area contributed by atoms with Crippen molar-refractivity contribution in [1.82, 2.24) is 0 Å². The smallest absolute Gasteiger partial charge is 0.363 e. The molecule has 0 bridgehead atoms. The van der Waals surface area contributed by atoms with E-state index in [1.165, 1.54) is 0 Å². The summed E-state index contributed by atoms with van der Waals surface area (Å²) in [7, 11) is 0. The Kier molecular flexibility index (Phi) is 6.10. The molecule has 0 N–H and O–H groups in total. The van der Waals surface area contributed by atoms with Crippen molar-refractivity contribution < 1.29 is 14.3 Å². The zero-order valence-electron chi connectivity index (χ0n) is 15.1. The van der Waals surface area contributed by atoms with E-state index in [2.05, 4.69) is 49.6 Å². The minimum atomic E-state index is -0.483. The fraction of sp³-hybridized carbons (Fsp3) is 0.0435. The predicted octanol–water partition coefficient (Wildman–Crippen LogP) is 5.98. The molecule has 1 heterocycles. The molecule has 0 fully saturated rings. The Morgan fingerprint density at radius 2 is 1.83 bits per heavy atom. The maximum atomic E-state index is 12.3. The number of aliphatic imine (C=N–C) groups is 1. The highest BCUT2D eigenvalue weighted by atomic mass is 127. The molecular formula is C23H15BrINO3. The van der Waals surface area contributed by atoms with E-state index in [0.29, 0.717) is 12.4 Å². The van der Waals surface area contributed by atoms with Crippen LogP contribution in [0.15, 0.2) is 88.0 Å². The first kappa shape index (κ1) is 19.8. The van der Waals surface area contributed by atoms with E-state index in [9.17, 15) is 4.79 Å². The van der Waals surface area contributed by atoms with Gasteiger partial charge in [-0.1, -0.05) is 42.5 Å². The number of carbonyl (C=O) groups excluding carboxylic acids is 1. The van der Waals surface area contributed by atoms with Crippen LogP contribution in [0, 0.1) is 3.57 Å². The summed E-state index contributed by atoms with van der Waals surface area (Å²) in [5.41, 5.74) is 2.81. The maximum Gasteiger partial charge on any atom is 0.363 e. The molecular weight excluding hydrogens is 545 g/mol. The van der Waals surface area contributed by atoms with Crippen LogP contribution in [0.25, 0.3) is 6.08 Å². The van der Waals surface area contributed by atoms with Crippen LogP contribution >= 0.6 is 38.5 Å². The van der Waals surface area contributed by atoms with Gasteiger partial charge in [-0.25, -0.2) is 9.79 Å². The Morgan fingerprint density at radius 1 is 1.03 bits per heavy atom. The molecule has 144 valence electrons. The van der Waals surface area contributed by atoms with E-state index >= 15 is 0 Å². The van der Waals surface area contributed by atoms with Crippen molar-refractivity contribution in [3.8, 4) is 5.75 Å². The van der Waals surface area contributed by atoms with Gasteiger partial charge >= 0.3 is 5.97 Å². The van der Waals surface area contributed by atoms with Crippen LogP contribution in [-0.2, 0) is 16.1 Å². The van der Waals surface area contributed by atoms with Gasteiger partial charge in [0.05, 0.1) is 5.56 Å². The third kappa shape index (κ3) is 4.76. The number of carbonyl (C=O) groups is 1. The van der Waals surface area contributed by atoms with E-state index in [4.69, 9.17) is 9.47 Å². The van der Waals surface area contributed by atoms with E-state index < -0.39 is 5.97 Å². The first-order valence-electron chi connectivity index (χ1n) is 8.84. The van der Waals surface area contributed by atoms with Gasteiger partial charge in [-0.15, -0.1) is 0 Å². The molecule has 1 aliphatic heterocycles. The number of nitrogens with zero attached hydrogens (tertiary/aromatic N) is 1. The molecule has 4 rings (SSSR count). The number of rotatable bonds is 5. The SMILES string of the molecule is O=C1OC(c2ccccc2Br)=N/C1=C\c1ccccc1OCc1cccc(I)c1. The number of cyclic esters (lactones) is 1. The average molecular weight is 560 g/mol. The first-order chi connectivity index (χ1) is 14.1. The molecule has 0 amide bonds. The minimum absolute atomic E-state index is 0.237. The van der Waals surface area contributed by atoms with Crippen molar-refractivity contribution in [2.24, 2.45) is 4.99 Å². The lowest BCUT2D eigenvalue weighted by Gasteiger charge is -2.09. The maximum absolute atomic E-state index is 12.3. The minimum Gasteiger partial charge on any atom is -0.488 e. The molecule has 4 nitrogen and oxygen atoms in total. The quantitative estimate of drug-likeness (QED) is 0.219. The molecule has 0 saturated heterocycles. The second-order valence-corrected chi connectivity index (χ2v) is 8.37. The number of para-hydroxylation sites is 1. The molecule has 29 heavy (non-hydrogen) atoms. The zero-order chi connectivity index (χ0) is 20.2. The Bertz CT molecular complexity index is 1140. The lowest BCUT2D eigenvalue weighted by Crippen LogP contribution is -2.06. The summed E-state index contributed by atoms with van der Waals surface area (Å²) in [6, 6.07) is 23.2. The summed E-state index contributed by atoms with van der Waals surface area (Å²) in [4.78, 5) is 16.7. The predicted molar refractivity (Wildman–Crippen MR) is 125 cm³/mol. The molecule has 3 aromatic rings. The van der Waals surface area contributed by atoms with Crippen LogP contribution in [0.1, 0.15) is 16.7 Å². The lowest BCUT2D eigenvalue weighted by atomic mass is 10.1. The largest absolute Gasteiger partial charge is 0.488 e. The van der Waals surface area contributed by atoms with Gasteiger partial charge in [0, 0.05) is 13.6 Å². The third-order valence-corrected chi connectivity index (χ3v) is 5.58. The van der Waals surface area contributed by atoms with Crippen LogP contribution in [0.4, 0.5) is 0 Å². The molecule has 0 atom stereocenters. The van der Waals surface area contributed by atoms with Gasteiger partial charge in [0.15, 0.2) is 5.70 Å². The Balaban J connectivity index is 1.60. The van der Waals surface area contributed by atoms with Gasteiger partial charge in [0.25, 0.3) is 0 Å². The van der Waals surface area contributed by atoms with E-state index in [0.717, 1.165) is 24.7 Å². The molecule has 3 aromatic carbocycles. The molecule has 0 spiro atoms. The third-order valence-electron chi connectivity index (χ3n) is 4.22. The molecule has 0 saturated carbocycles. The molecule has 0 radical (unpaired) electrons. The van der Waals surface area contributed by atoms with E-state index in [1.54, 1.807) is 6.08 Å². The molecule has 1 aliphatic rings. The molecule has 0 aliphatic carbocycles. The lowest BCUT2D eigenvalue weighted by molar-refractivity contribution is -0.129. The summed E-state index contributed by atoms with van der Waals surface area (Å²) in [6.45, 7) is 0.437. The number of esters is 1. The summed E-state index contributed by atoms with van der Waals surface area (Å²) in [6.07, 6.45) is 1.69. The van der Waals surface area contributed by atoms with Crippen LogP contribution < -0.4 is 4.74 Å². The monoisotopic (exact) mass is 559 g/mol. The number of hydrogen-bond donors (Lipinski definition) is 0. The zero-order valence-corrected chi connectivity index (χ0v) is 18.9. The van der Waals surface area contributed by atoms with Crippen molar-refractivity contribution in [2.45, 2.75) is 6.61 Å². The second-order valence-electron chi connectivity index (χ2n) is 6.27. The Hall–Kier alpha value is -2.45. The van der Waals surface area contributed by atoms with Gasteiger partial charge in [0.2, 0.25) is 5.90 Å². The summed E-state index contributed by atoms with van der Waals surface area (Å²) < 4.78 is 13.3. The fourth-order valence-electron chi connectivity index (χ4n) is 2.83. The number of benzene rings is 3. The highest BCUT2D eigenvalue weighted by molar-refractivity contribution is 14.1. The van der Waals surface area contributed by atoms with Crippen molar-refractivity contribution in [3.05, 3.63) is 103 Å². The normalized spacial score (nSPS) is 14.6. The standard InChI is InChI=1S/C23H15BrINO3/c24-19-10-3-2-9-18(19)22-26-20(23(27)29-22)13-16-7-1-4-11-21(16)28-14-15-6-5-8-17(25)12-15/h1-13H,14H2/b20-13-. The molecule has 0 unspecified atom stereocenters. The van der Waals surface area contributed by atoms with Gasteiger partial charge < -0.3 is 9.47 Å². The summed E-state index contributed by atoms with van der Waals surface area (Å²) in [5.74, 6) is 0.477. The number of ether oxygens (including phenoxy) is 2. The van der Waals surface area contributed by atoms with Crippen molar-refractivity contribution >= 4 is 56.5 Å². The molecule has 0 aromatic heterocycles. The first-order valence-corrected chi connectivity index (χ1v) is 10.7. The highest BCUT2D eigenvalue weighted by Gasteiger charge is 2.25. The van der Waals surface area contributed by atoms with Crippen molar-refractivity contribution in [2.75, 3.05) is 0 Å². The average Bonchev–Trinajstić information content (AvgIpc) is 3.08. The van der Waals surface area contributed by atoms with E-state index in [-0.39, 0.29) is 11.6 Å². The topological polar surface area (TPSA) is 47.9 Å². The highest BCUT2D eigenvalue weighted by Crippen LogP contribution is 2.27. The van der Waals surface area contributed by atoms with Gasteiger partial charge in [-0.2, -0.15) is 0 Å². The van der Waals surface area contributed by atoms with Crippen LogP contribution in [0.2, 0.25) is 0 Å². The van der Waals surface area contributed by atoms with Crippen molar-refractivity contribution in [1.29, 1.82) is 0 Å². The van der Waals surface area contributed by atoms with Crippen LogP contribution in [0.5, 0.6) is 5.75 Å².